The summed E-state index contributed by atoms with van der Waals surface area (Å²) in [5.74, 6) is -1.76. The minimum Gasteiger partial charge on any atom is -0.458 e. The number of nitrogens with zero attached hydrogens (tertiary/aromatic N) is 1. The van der Waals surface area contributed by atoms with Gasteiger partial charge in [-0.25, -0.2) is 13.2 Å². The highest BCUT2D eigenvalue weighted by molar-refractivity contribution is 7.91. The van der Waals surface area contributed by atoms with E-state index in [-0.39, 0.29) is 29.9 Å². The van der Waals surface area contributed by atoms with Gasteiger partial charge in [-0.05, 0) is 34.1 Å². The minimum absolute atomic E-state index is 0.0195. The number of amides is 1. The molecular formula is C16H27NO5S. The highest BCUT2D eigenvalue weighted by Crippen LogP contribution is 2.21. The van der Waals surface area contributed by atoms with Crippen molar-refractivity contribution < 1.29 is 22.7 Å². The molecule has 6 nitrogen and oxygen atoms in total. The summed E-state index contributed by atoms with van der Waals surface area (Å²) >= 11 is 0. The number of hydrogen-bond donors (Lipinski definition) is 0. The Kier molecular flexibility index (Phi) is 6.01. The van der Waals surface area contributed by atoms with E-state index in [4.69, 9.17) is 4.74 Å². The molecule has 2 atom stereocenters. The lowest BCUT2D eigenvalue weighted by molar-refractivity contribution is -0.164. The molecule has 132 valence electrons. The topological polar surface area (TPSA) is 80.8 Å². The second-order valence-corrected chi connectivity index (χ2v) is 9.49. The van der Waals surface area contributed by atoms with E-state index in [0.29, 0.717) is 6.42 Å². The fourth-order valence-electron chi connectivity index (χ4n) is 2.53. The van der Waals surface area contributed by atoms with Crippen LogP contribution in [0.25, 0.3) is 0 Å². The van der Waals surface area contributed by atoms with Crippen LogP contribution >= 0.6 is 0 Å². The second-order valence-electron chi connectivity index (χ2n) is 7.26. The molecule has 0 aliphatic carbocycles. The number of sulfone groups is 1. The third-order valence-corrected chi connectivity index (χ3v) is 5.10. The molecule has 0 N–H and O–H groups in total. The highest BCUT2D eigenvalue weighted by Gasteiger charge is 2.41. The molecule has 1 saturated heterocycles. The quantitative estimate of drug-likeness (QED) is 0.570. The number of allylic oxidation sites excluding steroid dienone is 1. The first-order chi connectivity index (χ1) is 10.3. The third kappa shape index (κ3) is 5.97. The van der Waals surface area contributed by atoms with Crippen molar-refractivity contribution in [2.24, 2.45) is 5.92 Å². The van der Waals surface area contributed by atoms with Crippen molar-refractivity contribution in [3.8, 4) is 0 Å². The number of esters is 1. The molecule has 0 aromatic carbocycles. The molecule has 1 aliphatic rings. The third-order valence-electron chi connectivity index (χ3n) is 3.47. The van der Waals surface area contributed by atoms with Crippen molar-refractivity contribution in [2.75, 3.05) is 18.1 Å². The van der Waals surface area contributed by atoms with Gasteiger partial charge < -0.3 is 9.64 Å². The van der Waals surface area contributed by atoms with Gasteiger partial charge in [0.15, 0.2) is 9.84 Å². The van der Waals surface area contributed by atoms with Gasteiger partial charge in [0.2, 0.25) is 5.91 Å². The number of ether oxygens (including phenoxy) is 1. The fraction of sp³-hybridized carbons (Fsp3) is 0.750. The average molecular weight is 345 g/mol. The zero-order chi connectivity index (χ0) is 18.0. The molecule has 0 bridgehead atoms. The van der Waals surface area contributed by atoms with Crippen LogP contribution in [0.4, 0.5) is 0 Å². The molecule has 1 amide bonds. The molecular weight excluding hydrogens is 318 g/mol. The van der Waals surface area contributed by atoms with Crippen LogP contribution in [0.3, 0.4) is 0 Å². The highest BCUT2D eigenvalue weighted by atomic mass is 32.2. The fourth-order valence-corrected chi connectivity index (χ4v) is 3.97. The van der Waals surface area contributed by atoms with Crippen LogP contribution in [0.2, 0.25) is 0 Å². The summed E-state index contributed by atoms with van der Waals surface area (Å²) in [6, 6.07) is -1.08. The van der Waals surface area contributed by atoms with Crippen LogP contribution in [0.15, 0.2) is 12.2 Å². The first-order valence-electron chi connectivity index (χ1n) is 7.70. The summed E-state index contributed by atoms with van der Waals surface area (Å²) in [7, 11) is -3.36. The molecule has 7 heteroatoms. The van der Waals surface area contributed by atoms with E-state index in [9.17, 15) is 18.0 Å². The predicted molar refractivity (Wildman–Crippen MR) is 88.6 cm³/mol. The van der Waals surface area contributed by atoms with Crippen LogP contribution in [-0.4, -0.2) is 54.9 Å². The molecule has 0 saturated carbocycles. The van der Waals surface area contributed by atoms with Crippen molar-refractivity contribution >= 4 is 21.7 Å². The predicted octanol–water partition coefficient (Wildman–Crippen LogP) is 1.56. The Labute approximate surface area is 138 Å². The zero-order valence-electron chi connectivity index (χ0n) is 14.6. The van der Waals surface area contributed by atoms with Gasteiger partial charge in [-0.15, -0.1) is 6.58 Å². The van der Waals surface area contributed by atoms with Gasteiger partial charge in [0.25, 0.3) is 0 Å². The number of hydrogen-bond acceptors (Lipinski definition) is 5. The molecule has 23 heavy (non-hydrogen) atoms. The Balaban J connectivity index is 3.00. The maximum Gasteiger partial charge on any atom is 0.330 e. The maximum absolute atomic E-state index is 12.6. The largest absolute Gasteiger partial charge is 0.458 e. The van der Waals surface area contributed by atoms with E-state index in [1.807, 2.05) is 6.92 Å². The lowest BCUT2D eigenvalue weighted by Gasteiger charge is -2.36. The summed E-state index contributed by atoms with van der Waals surface area (Å²) in [6.45, 7) is 12.5. The van der Waals surface area contributed by atoms with Crippen molar-refractivity contribution in [3.05, 3.63) is 12.2 Å². The lowest BCUT2D eigenvalue weighted by Crippen LogP contribution is -2.57. The Morgan fingerprint density at radius 3 is 2.39 bits per heavy atom. The maximum atomic E-state index is 12.6. The van der Waals surface area contributed by atoms with Gasteiger partial charge >= 0.3 is 5.97 Å². The molecule has 0 aromatic rings. The first kappa shape index (κ1) is 19.7. The lowest BCUT2D eigenvalue weighted by atomic mass is 10.0. The Morgan fingerprint density at radius 2 is 1.91 bits per heavy atom. The van der Waals surface area contributed by atoms with Crippen molar-refractivity contribution in [1.29, 1.82) is 0 Å². The minimum atomic E-state index is -3.36. The molecule has 1 rings (SSSR count). The smallest absolute Gasteiger partial charge is 0.330 e. The van der Waals surface area contributed by atoms with Gasteiger partial charge in [0, 0.05) is 12.5 Å². The average Bonchev–Trinajstić information content (AvgIpc) is 2.34. The Hall–Kier alpha value is -1.37. The van der Waals surface area contributed by atoms with Crippen LogP contribution in [0.5, 0.6) is 0 Å². The molecule has 1 heterocycles. The molecule has 0 aromatic heterocycles. The van der Waals surface area contributed by atoms with E-state index in [1.54, 1.807) is 27.7 Å². The van der Waals surface area contributed by atoms with E-state index < -0.39 is 27.4 Å². The molecule has 1 aliphatic heterocycles. The van der Waals surface area contributed by atoms with Crippen molar-refractivity contribution in [3.63, 3.8) is 0 Å². The normalized spacial score (nSPS) is 22.3. The molecule has 0 radical (unpaired) electrons. The van der Waals surface area contributed by atoms with Gasteiger partial charge in [0.1, 0.15) is 11.6 Å². The van der Waals surface area contributed by atoms with Gasteiger partial charge in [-0.2, -0.15) is 0 Å². The first-order valence-corrected chi connectivity index (χ1v) is 9.52. The van der Waals surface area contributed by atoms with Crippen LogP contribution in [0.1, 0.15) is 41.0 Å². The molecule has 1 fully saturated rings. The van der Waals surface area contributed by atoms with Crippen molar-refractivity contribution in [2.45, 2.75) is 52.7 Å². The molecule has 0 spiro atoms. The van der Waals surface area contributed by atoms with E-state index in [2.05, 4.69) is 6.58 Å². The zero-order valence-corrected chi connectivity index (χ0v) is 15.4. The Bertz CT molecular complexity index is 588. The monoisotopic (exact) mass is 345 g/mol. The van der Waals surface area contributed by atoms with E-state index in [0.717, 1.165) is 5.57 Å². The van der Waals surface area contributed by atoms with Crippen molar-refractivity contribution in [1.82, 2.24) is 4.90 Å². The van der Waals surface area contributed by atoms with Gasteiger partial charge in [-0.1, -0.05) is 12.5 Å². The number of carbonyl (C=O) groups is 2. The van der Waals surface area contributed by atoms with Crippen LogP contribution in [-0.2, 0) is 24.2 Å². The SMILES string of the molecule is C=C(C)CC(C)C(=O)N1CCS(=O)(=O)CC1C(=O)OC(C)(C)C. The van der Waals surface area contributed by atoms with E-state index >= 15 is 0 Å². The molecule has 2 unspecified atom stereocenters. The van der Waals surface area contributed by atoms with Gasteiger partial charge in [-0.3, -0.25) is 4.79 Å². The summed E-state index contributed by atoms with van der Waals surface area (Å²) in [6.07, 6.45) is 0.503. The summed E-state index contributed by atoms with van der Waals surface area (Å²) in [5, 5.41) is 0. The van der Waals surface area contributed by atoms with Crippen LogP contribution < -0.4 is 0 Å². The Morgan fingerprint density at radius 1 is 1.35 bits per heavy atom. The van der Waals surface area contributed by atoms with E-state index in [1.165, 1.54) is 4.90 Å². The second kappa shape index (κ2) is 7.03. The van der Waals surface area contributed by atoms with Gasteiger partial charge in [0.05, 0.1) is 11.5 Å². The van der Waals surface area contributed by atoms with Crippen LogP contribution in [0, 0.1) is 5.92 Å². The summed E-state index contributed by atoms with van der Waals surface area (Å²) in [5.41, 5.74) is 0.125. The summed E-state index contributed by atoms with van der Waals surface area (Å²) < 4.78 is 29.1. The summed E-state index contributed by atoms with van der Waals surface area (Å²) in [4.78, 5) is 26.3. The number of rotatable bonds is 4. The number of carbonyl (C=O) groups excluding carboxylic acids is 2. The standard InChI is InChI=1S/C16H27NO5S/c1-11(2)9-12(3)14(18)17-7-8-23(20,21)10-13(17)15(19)22-16(4,5)6/h12-13H,1,7-10H2,2-6H3.